The monoisotopic (exact) mass is 282 g/mol. The van der Waals surface area contributed by atoms with E-state index in [9.17, 15) is 10.1 Å². The van der Waals surface area contributed by atoms with E-state index in [0.29, 0.717) is 17.5 Å². The molecule has 0 saturated heterocycles. The summed E-state index contributed by atoms with van der Waals surface area (Å²) in [5, 5.41) is 13.7. The molecule has 19 heavy (non-hydrogen) atoms. The van der Waals surface area contributed by atoms with Crippen molar-refractivity contribution in [3.05, 3.63) is 45.2 Å². The van der Waals surface area contributed by atoms with E-state index in [4.69, 9.17) is 16.0 Å². The standard InChI is InChI=1S/C11H11ClN4O3/c1-6-5-13-11(19-6)7(2)14-10-4-8(16(17)18)3-9(12)15-10/h3-5,7H,1-2H3,(H,14,15). The van der Waals surface area contributed by atoms with Gasteiger partial charge in [0.1, 0.15) is 22.8 Å². The van der Waals surface area contributed by atoms with Crippen molar-refractivity contribution in [1.29, 1.82) is 0 Å². The lowest BCUT2D eigenvalue weighted by atomic mass is 10.3. The van der Waals surface area contributed by atoms with Gasteiger partial charge in [0.05, 0.1) is 23.3 Å². The van der Waals surface area contributed by atoms with Crippen molar-refractivity contribution < 1.29 is 9.34 Å². The first-order valence-corrected chi connectivity index (χ1v) is 5.84. The molecule has 0 fully saturated rings. The van der Waals surface area contributed by atoms with E-state index in [1.165, 1.54) is 12.1 Å². The van der Waals surface area contributed by atoms with Crippen LogP contribution in [0.5, 0.6) is 0 Å². The molecule has 0 aliphatic heterocycles. The zero-order chi connectivity index (χ0) is 14.0. The van der Waals surface area contributed by atoms with Crippen LogP contribution in [0.1, 0.15) is 24.6 Å². The molecule has 100 valence electrons. The smallest absolute Gasteiger partial charge is 0.276 e. The van der Waals surface area contributed by atoms with Gasteiger partial charge in [0.2, 0.25) is 5.89 Å². The van der Waals surface area contributed by atoms with Crippen molar-refractivity contribution in [2.75, 3.05) is 5.32 Å². The van der Waals surface area contributed by atoms with Gasteiger partial charge in [-0.2, -0.15) is 0 Å². The first kappa shape index (κ1) is 13.3. The van der Waals surface area contributed by atoms with E-state index in [-0.39, 0.29) is 16.9 Å². The third-order valence-electron chi connectivity index (χ3n) is 2.36. The summed E-state index contributed by atoms with van der Waals surface area (Å²) in [6.45, 7) is 3.59. The molecule has 0 amide bonds. The highest BCUT2D eigenvalue weighted by Crippen LogP contribution is 2.24. The van der Waals surface area contributed by atoms with Crippen LogP contribution < -0.4 is 5.32 Å². The number of anilines is 1. The average molecular weight is 283 g/mol. The molecule has 0 spiro atoms. The fourth-order valence-corrected chi connectivity index (χ4v) is 1.72. The Bertz CT molecular complexity index is 614. The number of aromatic nitrogens is 2. The molecule has 0 aromatic carbocycles. The lowest BCUT2D eigenvalue weighted by Gasteiger charge is -2.10. The summed E-state index contributed by atoms with van der Waals surface area (Å²) in [6.07, 6.45) is 1.60. The Labute approximate surface area is 113 Å². The number of nitrogens with zero attached hydrogens (tertiary/aromatic N) is 3. The van der Waals surface area contributed by atoms with Gasteiger partial charge in [0.15, 0.2) is 0 Å². The number of halogens is 1. The van der Waals surface area contributed by atoms with E-state index >= 15 is 0 Å². The third kappa shape index (κ3) is 3.19. The van der Waals surface area contributed by atoms with Crippen molar-refractivity contribution in [2.45, 2.75) is 19.9 Å². The number of oxazole rings is 1. The van der Waals surface area contributed by atoms with Gasteiger partial charge in [-0.15, -0.1) is 0 Å². The summed E-state index contributed by atoms with van der Waals surface area (Å²) in [4.78, 5) is 18.2. The van der Waals surface area contributed by atoms with Crippen LogP contribution in [0.3, 0.4) is 0 Å². The topological polar surface area (TPSA) is 94.1 Å². The van der Waals surface area contributed by atoms with Gasteiger partial charge in [-0.05, 0) is 13.8 Å². The molecule has 7 nitrogen and oxygen atoms in total. The molecular formula is C11H11ClN4O3. The van der Waals surface area contributed by atoms with Crippen molar-refractivity contribution in [1.82, 2.24) is 9.97 Å². The highest BCUT2D eigenvalue weighted by atomic mass is 35.5. The summed E-state index contributed by atoms with van der Waals surface area (Å²) in [5.74, 6) is 1.46. The lowest BCUT2D eigenvalue weighted by molar-refractivity contribution is -0.384. The highest BCUT2D eigenvalue weighted by Gasteiger charge is 2.15. The van der Waals surface area contributed by atoms with Crippen LogP contribution in [0.25, 0.3) is 0 Å². The second kappa shape index (κ2) is 5.23. The number of pyridine rings is 1. The van der Waals surface area contributed by atoms with Gasteiger partial charge in [-0.1, -0.05) is 11.6 Å². The van der Waals surface area contributed by atoms with Crippen molar-refractivity contribution in [3.8, 4) is 0 Å². The van der Waals surface area contributed by atoms with E-state index in [1.807, 2.05) is 0 Å². The second-order valence-corrected chi connectivity index (χ2v) is 4.35. The van der Waals surface area contributed by atoms with Crippen LogP contribution in [0.2, 0.25) is 5.15 Å². The predicted molar refractivity (Wildman–Crippen MR) is 69.2 cm³/mol. The van der Waals surface area contributed by atoms with Crippen molar-refractivity contribution >= 4 is 23.1 Å². The number of hydrogen-bond acceptors (Lipinski definition) is 6. The van der Waals surface area contributed by atoms with Crippen LogP contribution in [0.4, 0.5) is 11.5 Å². The molecule has 2 aromatic rings. The zero-order valence-corrected chi connectivity index (χ0v) is 11.0. The molecular weight excluding hydrogens is 272 g/mol. The van der Waals surface area contributed by atoms with Crippen LogP contribution in [-0.4, -0.2) is 14.9 Å². The van der Waals surface area contributed by atoms with Crippen LogP contribution in [-0.2, 0) is 0 Å². The fraction of sp³-hybridized carbons (Fsp3) is 0.273. The molecule has 2 aromatic heterocycles. The molecule has 0 radical (unpaired) electrons. The minimum Gasteiger partial charge on any atom is -0.444 e. The van der Waals surface area contributed by atoms with Gasteiger partial charge in [0, 0.05) is 0 Å². The average Bonchev–Trinajstić information content (AvgIpc) is 2.75. The van der Waals surface area contributed by atoms with Crippen molar-refractivity contribution in [3.63, 3.8) is 0 Å². The molecule has 1 unspecified atom stereocenters. The molecule has 2 heterocycles. The maximum Gasteiger partial charge on any atom is 0.276 e. The quantitative estimate of drug-likeness (QED) is 0.526. The molecule has 1 N–H and O–H groups in total. The van der Waals surface area contributed by atoms with E-state index in [2.05, 4.69) is 15.3 Å². The summed E-state index contributed by atoms with van der Waals surface area (Å²) in [5.41, 5.74) is -0.127. The lowest BCUT2D eigenvalue weighted by Crippen LogP contribution is -2.08. The number of aryl methyl sites for hydroxylation is 1. The van der Waals surface area contributed by atoms with Crippen LogP contribution in [0.15, 0.2) is 22.7 Å². The first-order valence-electron chi connectivity index (χ1n) is 5.46. The second-order valence-electron chi connectivity index (χ2n) is 3.97. The van der Waals surface area contributed by atoms with E-state index in [0.717, 1.165) is 0 Å². The summed E-state index contributed by atoms with van der Waals surface area (Å²) in [6, 6.07) is 2.21. The molecule has 0 aliphatic carbocycles. The Morgan fingerprint density at radius 2 is 2.26 bits per heavy atom. The largest absolute Gasteiger partial charge is 0.444 e. The molecule has 0 bridgehead atoms. The molecule has 2 rings (SSSR count). The fourth-order valence-electron chi connectivity index (χ4n) is 1.52. The Morgan fingerprint density at radius 1 is 1.53 bits per heavy atom. The van der Waals surface area contributed by atoms with Crippen LogP contribution in [0, 0.1) is 17.0 Å². The van der Waals surface area contributed by atoms with Crippen LogP contribution >= 0.6 is 11.6 Å². The maximum atomic E-state index is 10.7. The first-order chi connectivity index (χ1) is 8.95. The maximum absolute atomic E-state index is 10.7. The highest BCUT2D eigenvalue weighted by molar-refractivity contribution is 6.29. The Kier molecular flexibility index (Phi) is 3.66. The minimum absolute atomic E-state index is 0.0486. The number of rotatable bonds is 4. The normalized spacial score (nSPS) is 12.2. The molecule has 0 aliphatic rings. The van der Waals surface area contributed by atoms with E-state index in [1.54, 1.807) is 20.0 Å². The Morgan fingerprint density at radius 3 is 2.84 bits per heavy atom. The molecule has 0 saturated carbocycles. The number of nitrogens with one attached hydrogen (secondary N) is 1. The Hall–Kier alpha value is -2.15. The van der Waals surface area contributed by atoms with E-state index < -0.39 is 4.92 Å². The summed E-state index contributed by atoms with van der Waals surface area (Å²) >= 11 is 5.73. The predicted octanol–water partition coefficient (Wildman–Crippen LogP) is 3.11. The minimum atomic E-state index is -0.529. The Balaban J connectivity index is 2.21. The van der Waals surface area contributed by atoms with Gasteiger partial charge < -0.3 is 9.73 Å². The van der Waals surface area contributed by atoms with Gasteiger partial charge in [-0.25, -0.2) is 9.97 Å². The summed E-state index contributed by atoms with van der Waals surface area (Å²) in [7, 11) is 0. The number of hydrogen-bond donors (Lipinski definition) is 1. The van der Waals surface area contributed by atoms with Crippen molar-refractivity contribution in [2.24, 2.45) is 0 Å². The zero-order valence-electron chi connectivity index (χ0n) is 10.3. The molecule has 1 atom stereocenters. The number of nitro groups is 1. The summed E-state index contributed by atoms with van der Waals surface area (Å²) < 4.78 is 5.36. The van der Waals surface area contributed by atoms with Gasteiger partial charge in [-0.3, -0.25) is 10.1 Å². The van der Waals surface area contributed by atoms with Gasteiger partial charge >= 0.3 is 0 Å². The SMILES string of the molecule is Cc1cnc(C(C)Nc2cc([N+](=O)[O-])cc(Cl)n2)o1. The third-order valence-corrected chi connectivity index (χ3v) is 2.56. The molecule has 8 heteroatoms. The van der Waals surface area contributed by atoms with Gasteiger partial charge in [0.25, 0.3) is 5.69 Å².